The number of rotatable bonds is 9. The Bertz CT molecular complexity index is 830. The van der Waals surface area contributed by atoms with E-state index in [9.17, 15) is 0 Å². The lowest BCUT2D eigenvalue weighted by Gasteiger charge is -2.20. The van der Waals surface area contributed by atoms with Gasteiger partial charge in [-0.3, -0.25) is 0 Å². The second-order valence-electron chi connectivity index (χ2n) is 8.00. The Hall–Kier alpha value is -1.97. The van der Waals surface area contributed by atoms with E-state index >= 15 is 0 Å². The zero-order chi connectivity index (χ0) is 22.1. The largest absolute Gasteiger partial charge is 0.490 e. The third-order valence-electron chi connectivity index (χ3n) is 4.43. The van der Waals surface area contributed by atoms with Crippen molar-refractivity contribution >= 4 is 29.9 Å². The molecule has 0 aliphatic rings. The first-order chi connectivity index (χ1) is 14.3. The minimum Gasteiger partial charge on any atom is -0.490 e. The van der Waals surface area contributed by atoms with Gasteiger partial charge in [0.15, 0.2) is 17.5 Å². The molecular formula is C23H37IN4O3. The number of hydrogen-bond donors (Lipinski definition) is 2. The number of nitrogens with zero attached hydrogens (tertiary/aromatic N) is 2. The molecule has 0 saturated heterocycles. The minimum absolute atomic E-state index is 0. The normalized spacial score (nSPS) is 12.7. The summed E-state index contributed by atoms with van der Waals surface area (Å²) in [4.78, 5) is 8.98. The van der Waals surface area contributed by atoms with Crippen LogP contribution in [0.1, 0.15) is 71.7 Å². The van der Waals surface area contributed by atoms with Crippen LogP contribution >= 0.6 is 24.0 Å². The fraction of sp³-hybridized carbons (Fsp3) is 0.565. The highest BCUT2D eigenvalue weighted by Gasteiger charge is 2.19. The predicted octanol–water partition coefficient (Wildman–Crippen LogP) is 5.20. The lowest BCUT2D eigenvalue weighted by molar-refractivity contribution is 0.287. The molecule has 0 aliphatic carbocycles. The number of oxazole rings is 1. The maximum atomic E-state index is 5.84. The van der Waals surface area contributed by atoms with Crippen molar-refractivity contribution in [3.63, 3.8) is 0 Å². The Labute approximate surface area is 203 Å². The van der Waals surface area contributed by atoms with Crippen molar-refractivity contribution in [2.75, 3.05) is 19.8 Å². The monoisotopic (exact) mass is 544 g/mol. The third-order valence-corrected chi connectivity index (χ3v) is 4.43. The number of aromatic nitrogens is 1. The van der Waals surface area contributed by atoms with Crippen LogP contribution in [-0.4, -0.2) is 30.7 Å². The molecule has 2 aromatic rings. The Balaban J connectivity index is 0.00000480. The van der Waals surface area contributed by atoms with Crippen molar-refractivity contribution in [1.82, 2.24) is 15.6 Å². The third kappa shape index (κ3) is 8.23. The van der Waals surface area contributed by atoms with E-state index in [-0.39, 0.29) is 35.4 Å². The highest BCUT2D eigenvalue weighted by atomic mass is 127. The van der Waals surface area contributed by atoms with Crippen LogP contribution in [0.25, 0.3) is 0 Å². The second-order valence-corrected chi connectivity index (χ2v) is 8.00. The molecule has 31 heavy (non-hydrogen) atoms. The van der Waals surface area contributed by atoms with Crippen molar-refractivity contribution in [2.45, 2.75) is 66.5 Å². The first kappa shape index (κ1) is 27.1. The molecule has 2 N–H and O–H groups in total. The fourth-order valence-corrected chi connectivity index (χ4v) is 2.82. The summed E-state index contributed by atoms with van der Waals surface area (Å²) < 4.78 is 17.2. The molecule has 2 rings (SSSR count). The molecule has 0 amide bonds. The molecule has 0 saturated carbocycles. The molecule has 174 valence electrons. The summed E-state index contributed by atoms with van der Waals surface area (Å²) in [5.74, 6) is 3.67. The molecule has 1 aromatic heterocycles. The highest BCUT2D eigenvalue weighted by molar-refractivity contribution is 14.0. The summed E-state index contributed by atoms with van der Waals surface area (Å²) in [6, 6.07) is 6.03. The van der Waals surface area contributed by atoms with E-state index in [1.165, 1.54) is 0 Å². The zero-order valence-corrected chi connectivity index (χ0v) is 22.1. The summed E-state index contributed by atoms with van der Waals surface area (Å²) in [6.07, 6.45) is 1.78. The van der Waals surface area contributed by atoms with Gasteiger partial charge in [0.1, 0.15) is 12.3 Å². The second kappa shape index (κ2) is 12.8. The first-order valence-electron chi connectivity index (χ1n) is 10.7. The molecule has 0 radical (unpaired) electrons. The first-order valence-corrected chi connectivity index (χ1v) is 10.7. The lowest BCUT2D eigenvalue weighted by atomic mass is 9.94. The number of guanidine groups is 1. The number of benzene rings is 1. The van der Waals surface area contributed by atoms with Crippen molar-refractivity contribution < 1.29 is 13.9 Å². The van der Waals surface area contributed by atoms with Crippen LogP contribution in [-0.2, 0) is 12.0 Å². The van der Waals surface area contributed by atoms with Crippen molar-refractivity contribution in [1.29, 1.82) is 0 Å². The van der Waals surface area contributed by atoms with Gasteiger partial charge in [-0.1, -0.05) is 26.8 Å². The van der Waals surface area contributed by atoms with Gasteiger partial charge in [-0.05, 0) is 45.4 Å². The smallest absolute Gasteiger partial charge is 0.216 e. The Morgan fingerprint density at radius 1 is 1.13 bits per heavy atom. The quantitative estimate of drug-likeness (QED) is 0.257. The van der Waals surface area contributed by atoms with Gasteiger partial charge in [0.2, 0.25) is 5.89 Å². The highest BCUT2D eigenvalue weighted by Crippen LogP contribution is 2.30. The van der Waals surface area contributed by atoms with Gasteiger partial charge in [0.25, 0.3) is 0 Å². The van der Waals surface area contributed by atoms with E-state index < -0.39 is 0 Å². The lowest BCUT2D eigenvalue weighted by Crippen LogP contribution is -2.38. The van der Waals surface area contributed by atoms with Crippen LogP contribution in [0.5, 0.6) is 11.5 Å². The van der Waals surface area contributed by atoms with Crippen molar-refractivity contribution in [2.24, 2.45) is 4.99 Å². The number of aliphatic imine (C=N–C) groups is 1. The Kier molecular flexibility index (Phi) is 11.2. The van der Waals surface area contributed by atoms with E-state index in [0.717, 1.165) is 29.4 Å². The molecule has 0 bridgehead atoms. The molecule has 0 spiro atoms. The van der Waals surface area contributed by atoms with Gasteiger partial charge < -0.3 is 24.5 Å². The van der Waals surface area contributed by atoms with E-state index in [0.29, 0.717) is 31.6 Å². The summed E-state index contributed by atoms with van der Waals surface area (Å²) in [5, 5.41) is 6.71. The topological polar surface area (TPSA) is 80.9 Å². The summed E-state index contributed by atoms with van der Waals surface area (Å²) >= 11 is 0. The van der Waals surface area contributed by atoms with Crippen LogP contribution in [0, 0.1) is 0 Å². The minimum atomic E-state index is -0.0713. The molecule has 8 heteroatoms. The molecule has 1 unspecified atom stereocenters. The number of hydrogen-bond acceptors (Lipinski definition) is 5. The van der Waals surface area contributed by atoms with Crippen molar-refractivity contribution in [3.05, 3.63) is 41.6 Å². The summed E-state index contributed by atoms with van der Waals surface area (Å²) in [5.41, 5.74) is 1.01. The van der Waals surface area contributed by atoms with E-state index in [1.807, 2.05) is 39.0 Å². The molecule has 1 aromatic carbocycles. The van der Waals surface area contributed by atoms with Crippen LogP contribution in [0.3, 0.4) is 0 Å². The van der Waals surface area contributed by atoms with Gasteiger partial charge in [-0.25, -0.2) is 9.98 Å². The molecule has 7 nitrogen and oxygen atoms in total. The molecule has 1 atom stereocenters. The maximum absolute atomic E-state index is 5.84. The van der Waals surface area contributed by atoms with Crippen molar-refractivity contribution in [3.8, 4) is 11.5 Å². The van der Waals surface area contributed by atoms with Crippen LogP contribution < -0.4 is 20.1 Å². The molecule has 0 fully saturated rings. The van der Waals surface area contributed by atoms with E-state index in [2.05, 4.69) is 48.3 Å². The Morgan fingerprint density at radius 3 is 2.39 bits per heavy atom. The zero-order valence-electron chi connectivity index (χ0n) is 19.7. The van der Waals surface area contributed by atoms with E-state index in [1.54, 1.807) is 6.20 Å². The van der Waals surface area contributed by atoms with Crippen LogP contribution in [0.15, 0.2) is 33.8 Å². The van der Waals surface area contributed by atoms with Crippen LogP contribution in [0.4, 0.5) is 0 Å². The van der Waals surface area contributed by atoms with Gasteiger partial charge >= 0.3 is 0 Å². The van der Waals surface area contributed by atoms with Gasteiger partial charge in [-0.2, -0.15) is 0 Å². The maximum Gasteiger partial charge on any atom is 0.216 e. The Morgan fingerprint density at radius 2 is 1.81 bits per heavy atom. The molecular weight excluding hydrogens is 507 g/mol. The fourth-order valence-electron chi connectivity index (χ4n) is 2.82. The van der Waals surface area contributed by atoms with Crippen LogP contribution in [0.2, 0.25) is 0 Å². The number of ether oxygens (including phenoxy) is 2. The average molecular weight is 544 g/mol. The molecule has 0 aliphatic heterocycles. The SMILES string of the molecule is CCNC(=NCc1ncc(C(C)(C)C)o1)NC(C)c1ccc(OCC)c(OCC)c1.I. The number of nitrogens with one attached hydrogen (secondary N) is 2. The molecule has 1 heterocycles. The van der Waals surface area contributed by atoms with E-state index in [4.69, 9.17) is 13.9 Å². The average Bonchev–Trinajstić information content (AvgIpc) is 3.17. The summed E-state index contributed by atoms with van der Waals surface area (Å²) in [7, 11) is 0. The van der Waals surface area contributed by atoms with Gasteiger partial charge in [-0.15, -0.1) is 24.0 Å². The van der Waals surface area contributed by atoms with Gasteiger partial charge in [0, 0.05) is 12.0 Å². The predicted molar refractivity (Wildman–Crippen MR) is 136 cm³/mol. The number of halogens is 1. The van der Waals surface area contributed by atoms with Gasteiger partial charge in [0.05, 0.1) is 25.5 Å². The summed E-state index contributed by atoms with van der Waals surface area (Å²) in [6.45, 7) is 16.7. The standard InChI is InChI=1S/C23H36N4O3.HI/c1-8-24-22(26-15-21-25-14-20(30-21)23(5,6)7)27-16(4)17-11-12-18(28-9-2)19(13-17)29-10-3;/h11-14,16H,8-10,15H2,1-7H3,(H2,24,26,27);1H.